The first-order valence-corrected chi connectivity index (χ1v) is 4.98. The highest BCUT2D eigenvalue weighted by atomic mass is 16.5. The summed E-state index contributed by atoms with van der Waals surface area (Å²) in [6.07, 6.45) is 12.1. The third-order valence-electron chi connectivity index (χ3n) is 2.76. The van der Waals surface area contributed by atoms with E-state index >= 15 is 0 Å². The van der Waals surface area contributed by atoms with Crippen LogP contribution in [0.25, 0.3) is 0 Å². The maximum atomic E-state index is 5.54. The zero-order valence-electron chi connectivity index (χ0n) is 8.23. The maximum Gasteiger partial charge on any atom is 0.129 e. The lowest BCUT2D eigenvalue weighted by atomic mass is 9.91. The predicted octanol–water partition coefficient (Wildman–Crippen LogP) is 3.06. The quantitative estimate of drug-likeness (QED) is 0.596. The van der Waals surface area contributed by atoms with Gasteiger partial charge in [-0.15, -0.1) is 0 Å². The molecule has 1 nitrogen and oxygen atoms in total. The minimum Gasteiger partial charge on any atom is -0.493 e. The lowest BCUT2D eigenvalue weighted by molar-refractivity contribution is 0.176. The van der Waals surface area contributed by atoms with E-state index in [9.17, 15) is 0 Å². The summed E-state index contributed by atoms with van der Waals surface area (Å²) in [6, 6.07) is 0. The molecule has 1 heterocycles. The zero-order chi connectivity index (χ0) is 9.26. The van der Waals surface area contributed by atoms with E-state index in [1.165, 1.54) is 5.57 Å². The number of rotatable bonds is 1. The van der Waals surface area contributed by atoms with Crippen LogP contribution in [-0.2, 0) is 4.74 Å². The van der Waals surface area contributed by atoms with Crippen LogP contribution in [0.4, 0.5) is 0 Å². The summed E-state index contributed by atoms with van der Waals surface area (Å²) < 4.78 is 5.54. The molecule has 2 aliphatic rings. The van der Waals surface area contributed by atoms with Crippen LogP contribution in [0.5, 0.6) is 0 Å². The molecular formula is C12H16O. The average molecular weight is 176 g/mol. The highest BCUT2D eigenvalue weighted by molar-refractivity contribution is 5.30. The molecule has 0 saturated heterocycles. The van der Waals surface area contributed by atoms with E-state index in [4.69, 9.17) is 4.74 Å². The summed E-state index contributed by atoms with van der Waals surface area (Å²) in [5, 5.41) is 0. The molecule has 0 aromatic carbocycles. The molecule has 0 aromatic rings. The maximum absolute atomic E-state index is 5.54. The van der Waals surface area contributed by atoms with Crippen molar-refractivity contribution in [2.75, 3.05) is 0 Å². The van der Waals surface area contributed by atoms with Crippen LogP contribution in [0.3, 0.4) is 0 Å². The van der Waals surface area contributed by atoms with Gasteiger partial charge in [-0.05, 0) is 24.0 Å². The molecule has 0 radical (unpaired) electrons. The first-order chi connectivity index (χ1) is 6.27. The van der Waals surface area contributed by atoms with Gasteiger partial charge in [0.2, 0.25) is 0 Å². The number of allylic oxidation sites excluding steroid dienone is 2. The molecule has 2 rings (SSSR count). The third-order valence-corrected chi connectivity index (χ3v) is 2.76. The topological polar surface area (TPSA) is 9.23 Å². The Bertz CT molecular complexity index is 273. The van der Waals surface area contributed by atoms with Crippen LogP contribution >= 0.6 is 0 Å². The van der Waals surface area contributed by atoms with Gasteiger partial charge in [-0.25, -0.2) is 0 Å². The van der Waals surface area contributed by atoms with Crippen molar-refractivity contribution < 1.29 is 4.74 Å². The van der Waals surface area contributed by atoms with Gasteiger partial charge in [0.05, 0.1) is 6.26 Å². The Labute approximate surface area is 79.8 Å². The summed E-state index contributed by atoms with van der Waals surface area (Å²) in [6.45, 7) is 4.43. The zero-order valence-corrected chi connectivity index (χ0v) is 8.23. The largest absolute Gasteiger partial charge is 0.493 e. The SMILES string of the molecule is CC1C=CC(C2OC=CC2C)=CC1. The van der Waals surface area contributed by atoms with E-state index in [1.54, 1.807) is 0 Å². The fraction of sp³-hybridized carbons (Fsp3) is 0.500. The highest BCUT2D eigenvalue weighted by Gasteiger charge is 2.23. The van der Waals surface area contributed by atoms with Crippen LogP contribution in [0.1, 0.15) is 20.3 Å². The van der Waals surface area contributed by atoms with Crippen molar-refractivity contribution in [1.82, 2.24) is 0 Å². The van der Waals surface area contributed by atoms with Gasteiger partial charge in [0.25, 0.3) is 0 Å². The molecule has 0 amide bonds. The van der Waals surface area contributed by atoms with Crippen molar-refractivity contribution in [1.29, 1.82) is 0 Å². The van der Waals surface area contributed by atoms with E-state index in [0.29, 0.717) is 11.8 Å². The van der Waals surface area contributed by atoms with Gasteiger partial charge in [-0.2, -0.15) is 0 Å². The van der Waals surface area contributed by atoms with Gasteiger partial charge < -0.3 is 4.74 Å². The summed E-state index contributed by atoms with van der Waals surface area (Å²) >= 11 is 0. The fourth-order valence-corrected chi connectivity index (χ4v) is 1.82. The van der Waals surface area contributed by atoms with Crippen molar-refractivity contribution >= 4 is 0 Å². The first kappa shape index (κ1) is 8.61. The van der Waals surface area contributed by atoms with E-state index < -0.39 is 0 Å². The Morgan fingerprint density at radius 1 is 1.31 bits per heavy atom. The monoisotopic (exact) mass is 176 g/mol. The second-order valence-electron chi connectivity index (χ2n) is 4.02. The van der Waals surface area contributed by atoms with Crippen LogP contribution in [-0.4, -0.2) is 6.10 Å². The molecule has 1 aliphatic carbocycles. The number of ether oxygens (including phenoxy) is 1. The minimum absolute atomic E-state index is 0.267. The molecule has 13 heavy (non-hydrogen) atoms. The molecule has 1 heteroatoms. The molecule has 1 aliphatic heterocycles. The van der Waals surface area contributed by atoms with Crippen molar-refractivity contribution in [3.8, 4) is 0 Å². The number of hydrogen-bond donors (Lipinski definition) is 0. The average Bonchev–Trinajstić information content (AvgIpc) is 2.53. The Morgan fingerprint density at radius 2 is 2.15 bits per heavy atom. The summed E-state index contributed by atoms with van der Waals surface area (Å²) in [4.78, 5) is 0. The Morgan fingerprint density at radius 3 is 2.69 bits per heavy atom. The van der Waals surface area contributed by atoms with Crippen LogP contribution < -0.4 is 0 Å². The molecule has 0 saturated carbocycles. The molecule has 0 N–H and O–H groups in total. The molecule has 0 spiro atoms. The second kappa shape index (κ2) is 3.41. The van der Waals surface area contributed by atoms with Gasteiger partial charge in [-0.3, -0.25) is 0 Å². The van der Waals surface area contributed by atoms with Crippen molar-refractivity contribution in [2.45, 2.75) is 26.4 Å². The molecule has 3 atom stereocenters. The lowest BCUT2D eigenvalue weighted by Gasteiger charge is -2.20. The van der Waals surface area contributed by atoms with Gasteiger partial charge in [-0.1, -0.05) is 32.1 Å². The molecule has 70 valence electrons. The molecule has 0 aromatic heterocycles. The smallest absolute Gasteiger partial charge is 0.129 e. The van der Waals surface area contributed by atoms with Crippen LogP contribution in [0, 0.1) is 11.8 Å². The molecular weight excluding hydrogens is 160 g/mol. The van der Waals surface area contributed by atoms with E-state index in [0.717, 1.165) is 6.42 Å². The van der Waals surface area contributed by atoms with Crippen molar-refractivity contribution in [3.63, 3.8) is 0 Å². The van der Waals surface area contributed by atoms with Gasteiger partial charge in [0.15, 0.2) is 0 Å². The first-order valence-electron chi connectivity index (χ1n) is 4.98. The summed E-state index contributed by atoms with van der Waals surface area (Å²) in [5.41, 5.74) is 1.34. The van der Waals surface area contributed by atoms with Gasteiger partial charge >= 0.3 is 0 Å². The Balaban J connectivity index is 2.07. The third kappa shape index (κ3) is 1.69. The second-order valence-corrected chi connectivity index (χ2v) is 4.02. The molecule has 3 unspecified atom stereocenters. The summed E-state index contributed by atoms with van der Waals surface area (Å²) in [7, 11) is 0. The van der Waals surface area contributed by atoms with Crippen LogP contribution in [0.15, 0.2) is 36.1 Å². The standard InChI is InChI=1S/C12H16O/c1-9-3-5-11(6-4-9)12-10(2)7-8-13-12/h3,5-10,12H,4H2,1-2H3. The molecule has 0 fully saturated rings. The predicted molar refractivity (Wildman–Crippen MR) is 54.2 cm³/mol. The number of hydrogen-bond acceptors (Lipinski definition) is 1. The van der Waals surface area contributed by atoms with Gasteiger partial charge in [0.1, 0.15) is 6.10 Å². The Kier molecular flexibility index (Phi) is 2.26. The Hall–Kier alpha value is -0.980. The highest BCUT2D eigenvalue weighted by Crippen LogP contribution is 2.28. The lowest BCUT2D eigenvalue weighted by Crippen LogP contribution is -2.17. The van der Waals surface area contributed by atoms with E-state index in [1.807, 2.05) is 6.26 Å². The van der Waals surface area contributed by atoms with Crippen molar-refractivity contribution in [2.24, 2.45) is 11.8 Å². The minimum atomic E-state index is 0.267. The summed E-state index contributed by atoms with van der Waals surface area (Å²) in [5.74, 6) is 1.21. The van der Waals surface area contributed by atoms with Crippen LogP contribution in [0.2, 0.25) is 0 Å². The van der Waals surface area contributed by atoms with E-state index in [2.05, 4.69) is 38.2 Å². The molecule has 0 bridgehead atoms. The van der Waals surface area contributed by atoms with Crippen molar-refractivity contribution in [3.05, 3.63) is 36.1 Å². The van der Waals surface area contributed by atoms with Gasteiger partial charge in [0, 0.05) is 5.92 Å². The fourth-order valence-electron chi connectivity index (χ4n) is 1.82. The normalized spacial score (nSPS) is 37.4. The van der Waals surface area contributed by atoms with E-state index in [-0.39, 0.29) is 6.10 Å².